The molecular formula is C23H29F2N5O2. The van der Waals surface area contributed by atoms with Gasteiger partial charge in [0.2, 0.25) is 0 Å². The topological polar surface area (TPSA) is 86.8 Å². The van der Waals surface area contributed by atoms with Gasteiger partial charge in [-0.1, -0.05) is 12.1 Å². The van der Waals surface area contributed by atoms with Gasteiger partial charge in [0.1, 0.15) is 17.8 Å². The number of nitrogens with one attached hydrogen (secondary N) is 4. The number of carbonyl (C=O) groups is 1. The third-order valence-corrected chi connectivity index (χ3v) is 5.06. The molecule has 2 aromatic carbocycles. The van der Waals surface area contributed by atoms with E-state index in [0.717, 1.165) is 5.56 Å². The van der Waals surface area contributed by atoms with E-state index in [1.165, 1.54) is 30.3 Å². The molecule has 1 amide bonds. The van der Waals surface area contributed by atoms with Gasteiger partial charge in [-0.05, 0) is 62.2 Å². The van der Waals surface area contributed by atoms with Gasteiger partial charge in [0.05, 0.1) is 6.61 Å². The van der Waals surface area contributed by atoms with Crippen LogP contribution in [0.4, 0.5) is 8.78 Å². The highest BCUT2D eigenvalue weighted by Crippen LogP contribution is 2.24. The number of aryl methyl sites for hydroxylation is 1. The zero-order valence-electron chi connectivity index (χ0n) is 18.4. The fourth-order valence-electron chi connectivity index (χ4n) is 3.28. The summed E-state index contributed by atoms with van der Waals surface area (Å²) in [6, 6.07) is 10.2. The van der Waals surface area contributed by atoms with E-state index >= 15 is 0 Å². The highest BCUT2D eigenvalue weighted by atomic mass is 19.1. The van der Waals surface area contributed by atoms with Gasteiger partial charge >= 0.3 is 0 Å². The van der Waals surface area contributed by atoms with E-state index in [1.807, 2.05) is 19.9 Å². The summed E-state index contributed by atoms with van der Waals surface area (Å²) in [6.07, 6.45) is 0.194. The van der Waals surface area contributed by atoms with Crippen molar-refractivity contribution in [3.63, 3.8) is 0 Å². The summed E-state index contributed by atoms with van der Waals surface area (Å²) < 4.78 is 32.6. The van der Waals surface area contributed by atoms with E-state index in [4.69, 9.17) is 4.74 Å². The Kier molecular flexibility index (Phi) is 8.26. The first-order chi connectivity index (χ1) is 15.4. The summed E-state index contributed by atoms with van der Waals surface area (Å²) in [7, 11) is 0. The largest absolute Gasteiger partial charge is 0.380 e. The number of amides is 1. The molecule has 3 atom stereocenters. The van der Waals surface area contributed by atoms with Crippen LogP contribution < -0.4 is 21.5 Å². The molecule has 0 radical (unpaired) electrons. The number of hydrogen-bond donors (Lipinski definition) is 4. The molecule has 1 saturated heterocycles. The van der Waals surface area contributed by atoms with Crippen molar-refractivity contribution in [3.05, 3.63) is 70.8 Å². The third kappa shape index (κ3) is 6.56. The maximum atomic E-state index is 13.9. The molecule has 3 rings (SSSR count). The van der Waals surface area contributed by atoms with E-state index in [2.05, 4.69) is 26.5 Å². The Bertz CT molecular complexity index is 952. The maximum absolute atomic E-state index is 13.9. The summed E-state index contributed by atoms with van der Waals surface area (Å²) in [5.41, 5.74) is 7.91. The number of ether oxygens (including phenoxy) is 1. The van der Waals surface area contributed by atoms with Crippen LogP contribution in [0, 0.1) is 18.6 Å². The first-order valence-corrected chi connectivity index (χ1v) is 10.6. The Morgan fingerprint density at radius 1 is 1.22 bits per heavy atom. The van der Waals surface area contributed by atoms with E-state index in [0.29, 0.717) is 30.8 Å². The number of hydrogen-bond acceptors (Lipinski definition) is 5. The fourth-order valence-corrected chi connectivity index (χ4v) is 3.28. The maximum Gasteiger partial charge on any atom is 0.257 e. The quantitative estimate of drug-likeness (QED) is 0.389. The molecule has 2 unspecified atom stereocenters. The average Bonchev–Trinajstić information content (AvgIpc) is 3.23. The van der Waals surface area contributed by atoms with Crippen molar-refractivity contribution in [3.8, 4) is 0 Å². The third-order valence-electron chi connectivity index (χ3n) is 5.06. The van der Waals surface area contributed by atoms with Crippen LogP contribution in [0.5, 0.6) is 0 Å². The number of guanidine groups is 1. The molecule has 0 aromatic heterocycles. The lowest BCUT2D eigenvalue weighted by Gasteiger charge is -2.19. The number of benzene rings is 2. The average molecular weight is 446 g/mol. The van der Waals surface area contributed by atoms with Crippen molar-refractivity contribution >= 4 is 11.9 Å². The smallest absolute Gasteiger partial charge is 0.257 e. The van der Waals surface area contributed by atoms with Gasteiger partial charge in [0.15, 0.2) is 5.96 Å². The first kappa shape index (κ1) is 23.8. The van der Waals surface area contributed by atoms with Gasteiger partial charge < -0.3 is 10.1 Å². The van der Waals surface area contributed by atoms with Crippen LogP contribution in [-0.2, 0) is 4.74 Å². The van der Waals surface area contributed by atoms with Crippen molar-refractivity contribution < 1.29 is 18.3 Å². The molecule has 0 saturated carbocycles. The highest BCUT2D eigenvalue weighted by molar-refractivity contribution is 6.05. The number of rotatable bonds is 7. The molecule has 2 aromatic rings. The molecule has 0 bridgehead atoms. The van der Waals surface area contributed by atoms with Crippen molar-refractivity contribution in [2.75, 3.05) is 13.2 Å². The summed E-state index contributed by atoms with van der Waals surface area (Å²) in [5, 5.41) is 5.91. The number of halogens is 2. The molecule has 0 spiro atoms. The summed E-state index contributed by atoms with van der Waals surface area (Å²) in [4.78, 5) is 17.2. The predicted octanol–water partition coefficient (Wildman–Crippen LogP) is 2.94. The second kappa shape index (κ2) is 11.1. The molecule has 1 heterocycles. The Morgan fingerprint density at radius 3 is 2.66 bits per heavy atom. The Morgan fingerprint density at radius 2 is 1.97 bits per heavy atom. The monoisotopic (exact) mass is 445 g/mol. The van der Waals surface area contributed by atoms with Crippen molar-refractivity contribution in [2.45, 2.75) is 45.4 Å². The van der Waals surface area contributed by atoms with Gasteiger partial charge in [0.25, 0.3) is 5.91 Å². The van der Waals surface area contributed by atoms with Gasteiger partial charge in [0, 0.05) is 30.7 Å². The van der Waals surface area contributed by atoms with Crippen LogP contribution in [0.1, 0.15) is 47.8 Å². The Balaban J connectivity index is 1.72. The standard InChI is InChI=1S/C23H29F2N5O2/c1-4-32-13-15(3)26-23(28-22(31)16-7-9-18(24)10-8-16)27-21-12-20(29-30-21)17-6-5-14(2)19(25)11-17/h5-11,15,20-21,29-30H,4,12-13H2,1-3H3,(H2,26,27,28,31)/t15-,20?,21?/m0/s1. The minimum Gasteiger partial charge on any atom is -0.380 e. The van der Waals surface area contributed by atoms with Gasteiger partial charge in [-0.15, -0.1) is 0 Å². The lowest BCUT2D eigenvalue weighted by Crippen LogP contribution is -2.47. The van der Waals surface area contributed by atoms with Crippen molar-refractivity contribution in [1.82, 2.24) is 21.5 Å². The molecule has 9 heteroatoms. The lowest BCUT2D eigenvalue weighted by molar-refractivity contribution is 0.0973. The molecule has 4 N–H and O–H groups in total. The molecule has 172 valence electrons. The van der Waals surface area contributed by atoms with Gasteiger partial charge in [-0.25, -0.2) is 24.6 Å². The summed E-state index contributed by atoms with van der Waals surface area (Å²) in [5.74, 6) is -0.821. The summed E-state index contributed by atoms with van der Waals surface area (Å²) in [6.45, 7) is 6.54. The predicted molar refractivity (Wildman–Crippen MR) is 119 cm³/mol. The normalized spacial score (nSPS) is 19.6. The minimum absolute atomic E-state index is 0.112. The van der Waals surface area contributed by atoms with E-state index in [9.17, 15) is 13.6 Å². The number of carbonyl (C=O) groups excluding carboxylic acids is 1. The highest BCUT2D eigenvalue weighted by Gasteiger charge is 2.26. The lowest BCUT2D eigenvalue weighted by atomic mass is 10.0. The molecule has 32 heavy (non-hydrogen) atoms. The fraction of sp³-hybridized carbons (Fsp3) is 0.391. The Labute approximate surface area is 186 Å². The van der Waals surface area contributed by atoms with Crippen LogP contribution in [0.25, 0.3) is 0 Å². The van der Waals surface area contributed by atoms with Crippen molar-refractivity contribution in [1.29, 1.82) is 0 Å². The number of aliphatic imine (C=N–C) groups is 1. The SMILES string of the molecule is CCOC[C@H](C)NC(=NC1CC(c2ccc(C)c(F)c2)NN1)NC(=O)c1ccc(F)cc1. The van der Waals surface area contributed by atoms with E-state index in [1.54, 1.807) is 13.0 Å². The van der Waals surface area contributed by atoms with Crippen LogP contribution in [0.15, 0.2) is 47.5 Å². The molecule has 1 fully saturated rings. The van der Waals surface area contributed by atoms with Gasteiger partial charge in [-0.3, -0.25) is 10.1 Å². The second-order valence-corrected chi connectivity index (χ2v) is 7.74. The van der Waals surface area contributed by atoms with Crippen LogP contribution in [0.3, 0.4) is 0 Å². The number of hydrazine groups is 1. The van der Waals surface area contributed by atoms with Gasteiger partial charge in [-0.2, -0.15) is 0 Å². The molecular weight excluding hydrogens is 416 g/mol. The zero-order chi connectivity index (χ0) is 23.1. The molecule has 1 aliphatic rings. The minimum atomic E-state index is -0.418. The second-order valence-electron chi connectivity index (χ2n) is 7.74. The summed E-state index contributed by atoms with van der Waals surface area (Å²) >= 11 is 0. The van der Waals surface area contributed by atoms with Crippen LogP contribution in [0.2, 0.25) is 0 Å². The van der Waals surface area contributed by atoms with Crippen LogP contribution >= 0.6 is 0 Å². The van der Waals surface area contributed by atoms with Crippen LogP contribution in [-0.4, -0.2) is 37.3 Å². The Hall–Kier alpha value is -2.88. The molecule has 0 aliphatic carbocycles. The zero-order valence-corrected chi connectivity index (χ0v) is 18.4. The molecule has 7 nitrogen and oxygen atoms in total. The molecule has 1 aliphatic heterocycles. The first-order valence-electron chi connectivity index (χ1n) is 10.6. The van der Waals surface area contributed by atoms with Crippen molar-refractivity contribution in [2.24, 2.45) is 4.99 Å². The van der Waals surface area contributed by atoms with E-state index < -0.39 is 11.7 Å². The number of nitrogens with zero attached hydrogens (tertiary/aromatic N) is 1. The van der Waals surface area contributed by atoms with E-state index in [-0.39, 0.29) is 30.0 Å².